The van der Waals surface area contributed by atoms with E-state index < -0.39 is 0 Å². The SMILES string of the molecule is O=C=[N+](C[N+](=C=O)c1ccccc1)c1ccccc1. The summed E-state index contributed by atoms with van der Waals surface area (Å²) in [6.07, 6.45) is 3.63. The fourth-order valence-corrected chi connectivity index (χ4v) is 1.68. The van der Waals surface area contributed by atoms with Gasteiger partial charge in [-0.15, -0.1) is 0 Å². The molecule has 19 heavy (non-hydrogen) atoms. The summed E-state index contributed by atoms with van der Waals surface area (Å²) in [5.74, 6) is 0. The second-order valence-corrected chi connectivity index (χ2v) is 3.85. The molecule has 2 aromatic carbocycles. The van der Waals surface area contributed by atoms with E-state index in [9.17, 15) is 9.59 Å². The molecule has 0 saturated heterocycles. The Kier molecular flexibility index (Phi) is 4.14. The fraction of sp³-hybridized carbons (Fsp3) is 0.0667. The number of para-hydroxylation sites is 2. The van der Waals surface area contributed by atoms with Crippen LogP contribution in [0.4, 0.5) is 11.4 Å². The van der Waals surface area contributed by atoms with Crippen LogP contribution in [0.1, 0.15) is 0 Å². The number of isocyanates is 2. The Hall–Kier alpha value is -2.80. The van der Waals surface area contributed by atoms with E-state index in [0.717, 1.165) is 0 Å². The Balaban J connectivity index is 2.29. The smallest absolute Gasteiger partial charge is 0.159 e. The van der Waals surface area contributed by atoms with Crippen LogP contribution in [-0.2, 0) is 9.59 Å². The predicted octanol–water partition coefficient (Wildman–Crippen LogP) is 2.30. The predicted molar refractivity (Wildman–Crippen MR) is 69.0 cm³/mol. The molecule has 2 aromatic rings. The zero-order chi connectivity index (χ0) is 13.5. The molecule has 0 fully saturated rings. The molecule has 0 radical (unpaired) electrons. The number of nitrogens with zero attached hydrogens (tertiary/aromatic N) is 2. The number of benzene rings is 2. The number of carbonyl (C=O) groups excluding carboxylic acids is 2. The first-order valence-electron chi connectivity index (χ1n) is 5.76. The van der Waals surface area contributed by atoms with Gasteiger partial charge in [0.2, 0.25) is 11.4 Å². The van der Waals surface area contributed by atoms with Crippen LogP contribution in [0.5, 0.6) is 0 Å². The highest BCUT2D eigenvalue weighted by Gasteiger charge is 2.20. The van der Waals surface area contributed by atoms with Crippen molar-refractivity contribution in [3.8, 4) is 0 Å². The van der Waals surface area contributed by atoms with Crippen molar-refractivity contribution < 1.29 is 18.7 Å². The molecule has 0 bridgehead atoms. The van der Waals surface area contributed by atoms with E-state index in [-0.39, 0.29) is 6.67 Å². The zero-order valence-electron chi connectivity index (χ0n) is 10.2. The van der Waals surface area contributed by atoms with Gasteiger partial charge >= 0.3 is 18.8 Å². The highest BCUT2D eigenvalue weighted by atomic mass is 16.1. The van der Waals surface area contributed by atoms with Crippen molar-refractivity contribution in [1.82, 2.24) is 0 Å². The summed E-state index contributed by atoms with van der Waals surface area (Å²) < 4.78 is 2.63. The minimum Gasteiger partial charge on any atom is -0.159 e. The Labute approximate surface area is 110 Å². The van der Waals surface area contributed by atoms with Gasteiger partial charge in [-0.1, -0.05) is 45.5 Å². The Morgan fingerprint density at radius 2 is 1.05 bits per heavy atom. The van der Waals surface area contributed by atoms with Crippen LogP contribution in [0.2, 0.25) is 0 Å². The molecule has 0 atom stereocenters. The van der Waals surface area contributed by atoms with Crippen molar-refractivity contribution >= 4 is 23.5 Å². The van der Waals surface area contributed by atoms with Crippen molar-refractivity contribution in [2.45, 2.75) is 0 Å². The molecular weight excluding hydrogens is 240 g/mol. The van der Waals surface area contributed by atoms with Crippen LogP contribution in [0.3, 0.4) is 0 Å². The average molecular weight is 252 g/mol. The molecule has 0 heterocycles. The first kappa shape index (κ1) is 12.7. The van der Waals surface area contributed by atoms with Gasteiger partial charge in [0.25, 0.3) is 0 Å². The molecule has 0 aromatic heterocycles. The van der Waals surface area contributed by atoms with E-state index in [2.05, 4.69) is 0 Å². The lowest BCUT2D eigenvalue weighted by molar-refractivity contribution is -0.650. The minimum atomic E-state index is 0.0705. The van der Waals surface area contributed by atoms with Crippen LogP contribution >= 0.6 is 0 Å². The molecular formula is C15H12N2O2+2. The minimum absolute atomic E-state index is 0.0705. The Morgan fingerprint density at radius 1 is 0.684 bits per heavy atom. The van der Waals surface area contributed by atoms with Gasteiger partial charge in [0.15, 0.2) is 0 Å². The maximum atomic E-state index is 11.0. The third-order valence-corrected chi connectivity index (χ3v) is 2.64. The summed E-state index contributed by atoms with van der Waals surface area (Å²) in [7, 11) is 0. The van der Waals surface area contributed by atoms with Crippen LogP contribution in [0.15, 0.2) is 60.7 Å². The van der Waals surface area contributed by atoms with Crippen molar-refractivity contribution in [2.24, 2.45) is 0 Å². The van der Waals surface area contributed by atoms with Crippen LogP contribution < -0.4 is 0 Å². The average Bonchev–Trinajstić information content (AvgIpc) is 2.50. The quantitative estimate of drug-likeness (QED) is 0.362. The third kappa shape index (κ3) is 3.11. The molecule has 0 N–H and O–H groups in total. The van der Waals surface area contributed by atoms with E-state index in [4.69, 9.17) is 0 Å². The van der Waals surface area contributed by atoms with Gasteiger partial charge in [0.05, 0.1) is 0 Å². The summed E-state index contributed by atoms with van der Waals surface area (Å²) in [5.41, 5.74) is 1.35. The molecule has 0 unspecified atom stereocenters. The second-order valence-electron chi connectivity index (χ2n) is 3.85. The van der Waals surface area contributed by atoms with E-state index in [1.54, 1.807) is 24.3 Å². The summed E-state index contributed by atoms with van der Waals surface area (Å²) >= 11 is 0. The van der Waals surface area contributed by atoms with Crippen LogP contribution in [0.25, 0.3) is 0 Å². The molecule has 92 valence electrons. The lowest BCUT2D eigenvalue weighted by Gasteiger charge is -1.96. The largest absolute Gasteiger partial charge is 0.436 e. The zero-order valence-corrected chi connectivity index (χ0v) is 10.2. The molecule has 4 heteroatoms. The van der Waals surface area contributed by atoms with Gasteiger partial charge in [-0.3, -0.25) is 0 Å². The lowest BCUT2D eigenvalue weighted by atomic mass is 10.3. The monoisotopic (exact) mass is 252 g/mol. The van der Waals surface area contributed by atoms with E-state index >= 15 is 0 Å². The summed E-state index contributed by atoms with van der Waals surface area (Å²) in [6.45, 7) is 0.0705. The van der Waals surface area contributed by atoms with Crippen molar-refractivity contribution in [1.29, 1.82) is 0 Å². The molecule has 0 aliphatic carbocycles. The van der Waals surface area contributed by atoms with Gasteiger partial charge < -0.3 is 0 Å². The summed E-state index contributed by atoms with van der Waals surface area (Å²) in [5, 5.41) is 0. The van der Waals surface area contributed by atoms with Crippen molar-refractivity contribution in [2.75, 3.05) is 6.67 Å². The van der Waals surface area contributed by atoms with Gasteiger partial charge in [0.1, 0.15) is 0 Å². The van der Waals surface area contributed by atoms with Gasteiger partial charge in [-0.25, -0.2) is 0 Å². The topological polar surface area (TPSA) is 40.2 Å². The maximum absolute atomic E-state index is 11.0. The molecule has 0 aliphatic rings. The summed E-state index contributed by atoms with van der Waals surface area (Å²) in [6, 6.07) is 18.1. The highest BCUT2D eigenvalue weighted by molar-refractivity contribution is 5.38. The first-order valence-corrected chi connectivity index (χ1v) is 5.76. The fourth-order valence-electron chi connectivity index (χ4n) is 1.68. The summed E-state index contributed by atoms with van der Waals surface area (Å²) in [4.78, 5) is 22.1. The molecule has 2 rings (SSSR count). The van der Waals surface area contributed by atoms with Gasteiger partial charge in [0, 0.05) is 24.3 Å². The highest BCUT2D eigenvalue weighted by Crippen LogP contribution is 2.13. The Bertz CT molecular complexity index is 594. The molecule has 4 nitrogen and oxygen atoms in total. The standard InChI is InChI=1S/C15H12N2O2/c18-12-16(14-7-3-1-4-8-14)11-17(13-19)15-9-5-2-6-10-15/h1-10H,11H2/q+2. The van der Waals surface area contributed by atoms with Crippen molar-refractivity contribution in [3.63, 3.8) is 0 Å². The third-order valence-electron chi connectivity index (χ3n) is 2.64. The van der Waals surface area contributed by atoms with Crippen molar-refractivity contribution in [3.05, 3.63) is 60.7 Å². The van der Waals surface area contributed by atoms with Gasteiger partial charge in [-0.05, 0) is 0 Å². The van der Waals surface area contributed by atoms with E-state index in [1.807, 2.05) is 48.6 Å². The Morgan fingerprint density at radius 3 is 1.37 bits per heavy atom. The van der Waals surface area contributed by atoms with Gasteiger partial charge in [-0.2, -0.15) is 9.59 Å². The first-order chi connectivity index (χ1) is 9.35. The van der Waals surface area contributed by atoms with E-state index in [0.29, 0.717) is 11.4 Å². The normalized spacial score (nSPS) is 9.26. The number of hydrogen-bond donors (Lipinski definition) is 0. The number of rotatable bonds is 4. The molecule has 0 amide bonds. The van der Waals surface area contributed by atoms with Crippen LogP contribution in [0, 0.1) is 0 Å². The van der Waals surface area contributed by atoms with E-state index in [1.165, 1.54) is 9.15 Å². The molecule has 0 saturated carbocycles. The molecule has 0 aliphatic heterocycles. The second kappa shape index (κ2) is 6.22. The maximum Gasteiger partial charge on any atom is 0.436 e. The number of hydrogen-bond acceptors (Lipinski definition) is 2. The van der Waals surface area contributed by atoms with Crippen LogP contribution in [-0.4, -0.2) is 28.0 Å². The molecule has 0 spiro atoms. The lowest BCUT2D eigenvalue weighted by Crippen LogP contribution is -2.17.